The molecule has 3 aromatic carbocycles. The summed E-state index contributed by atoms with van der Waals surface area (Å²) in [5.74, 6) is 0. The minimum atomic E-state index is -2.52. The molecule has 0 fully saturated rings. The minimum absolute atomic E-state index is 0.708. The van der Waals surface area contributed by atoms with E-state index >= 15 is 0 Å². The van der Waals surface area contributed by atoms with Crippen molar-refractivity contribution in [1.82, 2.24) is 0 Å². The zero-order valence-corrected chi connectivity index (χ0v) is 18.1. The van der Waals surface area contributed by atoms with Crippen molar-refractivity contribution in [2.75, 3.05) is 11.6 Å². The predicted molar refractivity (Wildman–Crippen MR) is 120 cm³/mol. The van der Waals surface area contributed by atoms with Gasteiger partial charge in [-0.15, -0.1) is 0 Å². The average molecular weight is 393 g/mol. The Morgan fingerprint density at radius 1 is 0.857 bits per heavy atom. The smallest absolute Gasteiger partial charge is 0.0965 e. The van der Waals surface area contributed by atoms with E-state index in [0.29, 0.717) is 6.54 Å². The molecule has 1 atom stereocenters. The van der Waals surface area contributed by atoms with Crippen LogP contribution in [-0.4, -0.2) is 10.5 Å². The van der Waals surface area contributed by atoms with Gasteiger partial charge in [0.25, 0.3) is 0 Å². The van der Waals surface area contributed by atoms with Crippen molar-refractivity contribution in [2.45, 2.75) is 39.1 Å². The largest absolute Gasteiger partial charge is 0.379 e. The molecule has 1 N–H and O–H groups in total. The third-order valence-corrected chi connectivity index (χ3v) is 6.59. The van der Waals surface area contributed by atoms with Crippen molar-refractivity contribution in [3.05, 3.63) is 88.5 Å². The maximum Gasteiger partial charge on any atom is 0.0965 e. The van der Waals surface area contributed by atoms with Gasteiger partial charge in [0.1, 0.15) is 0 Å². The first kappa shape index (κ1) is 20.2. The minimum Gasteiger partial charge on any atom is -0.379 e. The van der Waals surface area contributed by atoms with Crippen LogP contribution in [0.5, 0.6) is 0 Å². The number of nitrogens with zero attached hydrogens (tertiary/aromatic N) is 1. The van der Waals surface area contributed by atoms with Gasteiger partial charge < -0.3 is 5.32 Å². The van der Waals surface area contributed by atoms with Gasteiger partial charge in [0.2, 0.25) is 0 Å². The standard InChI is InChI=1S/C24H28N2OS/c1-17-11-12-23(26-28(5,27)21-9-7-6-8-10-21)24(15-17)25-16-22-19(3)13-18(2)14-20(22)4/h6-15,25H,16H2,1-5H3/t28-/m0/s1. The van der Waals surface area contributed by atoms with Gasteiger partial charge in [-0.2, -0.15) is 4.36 Å². The number of aryl methyl sites for hydroxylation is 4. The Bertz CT molecular complexity index is 1090. The van der Waals surface area contributed by atoms with Crippen LogP contribution in [-0.2, 0) is 16.3 Å². The molecule has 0 radical (unpaired) electrons. The molecule has 0 saturated carbocycles. The molecule has 0 heterocycles. The molecule has 0 bridgehead atoms. The Kier molecular flexibility index (Phi) is 5.90. The second kappa shape index (κ2) is 8.19. The Balaban J connectivity index is 1.97. The van der Waals surface area contributed by atoms with Crippen molar-refractivity contribution in [2.24, 2.45) is 4.36 Å². The van der Waals surface area contributed by atoms with Crippen LogP contribution < -0.4 is 5.32 Å². The molecule has 0 amide bonds. The molecule has 0 aliphatic heterocycles. The monoisotopic (exact) mass is 392 g/mol. The van der Waals surface area contributed by atoms with Gasteiger partial charge in [-0.05, 0) is 74.2 Å². The van der Waals surface area contributed by atoms with Crippen LogP contribution in [0.15, 0.2) is 69.9 Å². The van der Waals surface area contributed by atoms with Gasteiger partial charge in [-0.3, -0.25) is 0 Å². The van der Waals surface area contributed by atoms with Gasteiger partial charge >= 0.3 is 0 Å². The summed E-state index contributed by atoms with van der Waals surface area (Å²) in [6.07, 6.45) is 1.69. The molecule has 28 heavy (non-hydrogen) atoms. The predicted octanol–water partition coefficient (Wildman–Crippen LogP) is 6.32. The quantitative estimate of drug-likeness (QED) is 0.552. The summed E-state index contributed by atoms with van der Waals surface area (Å²) < 4.78 is 17.9. The summed E-state index contributed by atoms with van der Waals surface area (Å²) in [6.45, 7) is 9.17. The molecule has 4 heteroatoms. The number of hydrogen-bond acceptors (Lipinski definition) is 3. The second-order valence-electron chi connectivity index (χ2n) is 7.46. The van der Waals surface area contributed by atoms with E-state index in [2.05, 4.69) is 55.6 Å². The number of nitrogens with one attached hydrogen (secondary N) is 1. The molecule has 0 saturated heterocycles. The van der Waals surface area contributed by atoms with Crippen LogP contribution >= 0.6 is 0 Å². The Hall–Kier alpha value is -2.59. The molecule has 0 spiro atoms. The summed E-state index contributed by atoms with van der Waals surface area (Å²) in [6, 6.07) is 19.9. The molecule has 0 aromatic heterocycles. The van der Waals surface area contributed by atoms with Gasteiger partial charge in [0, 0.05) is 17.7 Å². The molecule has 0 unspecified atom stereocenters. The van der Waals surface area contributed by atoms with Crippen LogP contribution in [0.25, 0.3) is 0 Å². The fourth-order valence-electron chi connectivity index (χ4n) is 3.46. The lowest BCUT2D eigenvalue weighted by molar-refractivity contribution is 0.681. The lowest BCUT2D eigenvalue weighted by atomic mass is 10.00. The van der Waals surface area contributed by atoms with Gasteiger partial charge in [0.05, 0.1) is 21.1 Å². The SMILES string of the molecule is Cc1cc(C)c(CNc2cc(C)ccc2N=[S@@](C)(=O)c2ccccc2)c(C)c1. The van der Waals surface area contributed by atoms with Crippen molar-refractivity contribution >= 4 is 21.1 Å². The first-order valence-electron chi connectivity index (χ1n) is 9.45. The zero-order chi connectivity index (χ0) is 20.3. The van der Waals surface area contributed by atoms with Gasteiger partial charge in [-0.1, -0.05) is 42.0 Å². The molecule has 0 aliphatic carbocycles. The van der Waals surface area contributed by atoms with E-state index in [1.807, 2.05) is 42.5 Å². The van der Waals surface area contributed by atoms with Crippen LogP contribution in [0.4, 0.5) is 11.4 Å². The third kappa shape index (κ3) is 4.63. The van der Waals surface area contributed by atoms with Crippen LogP contribution in [0.1, 0.15) is 27.8 Å². The lowest BCUT2D eigenvalue weighted by Gasteiger charge is -2.15. The van der Waals surface area contributed by atoms with Crippen molar-refractivity contribution < 1.29 is 4.21 Å². The summed E-state index contributed by atoms with van der Waals surface area (Å²) in [5, 5.41) is 3.53. The first-order valence-corrected chi connectivity index (χ1v) is 11.4. The number of benzene rings is 3. The highest BCUT2D eigenvalue weighted by Crippen LogP contribution is 2.30. The van der Waals surface area contributed by atoms with E-state index in [1.165, 1.54) is 22.3 Å². The highest BCUT2D eigenvalue weighted by Gasteiger charge is 2.10. The van der Waals surface area contributed by atoms with E-state index < -0.39 is 9.73 Å². The Morgan fingerprint density at radius 3 is 2.14 bits per heavy atom. The topological polar surface area (TPSA) is 41.5 Å². The van der Waals surface area contributed by atoms with E-state index in [1.54, 1.807) is 6.26 Å². The molecular weight excluding hydrogens is 364 g/mol. The average Bonchev–Trinajstić information content (AvgIpc) is 2.63. The van der Waals surface area contributed by atoms with Crippen LogP contribution in [0, 0.1) is 27.7 Å². The summed E-state index contributed by atoms with van der Waals surface area (Å²) in [4.78, 5) is 0.742. The number of hydrogen-bond donors (Lipinski definition) is 1. The molecule has 3 aromatic rings. The highest BCUT2D eigenvalue weighted by molar-refractivity contribution is 7.93. The molecule has 3 nitrogen and oxygen atoms in total. The van der Waals surface area contributed by atoms with E-state index in [4.69, 9.17) is 0 Å². The molecule has 146 valence electrons. The number of anilines is 1. The summed E-state index contributed by atoms with van der Waals surface area (Å²) in [7, 11) is -2.52. The maximum atomic E-state index is 13.2. The van der Waals surface area contributed by atoms with E-state index in [9.17, 15) is 4.21 Å². The van der Waals surface area contributed by atoms with Crippen molar-refractivity contribution in [3.8, 4) is 0 Å². The molecule has 3 rings (SSSR count). The van der Waals surface area contributed by atoms with Crippen LogP contribution in [0.3, 0.4) is 0 Å². The summed E-state index contributed by atoms with van der Waals surface area (Å²) >= 11 is 0. The lowest BCUT2D eigenvalue weighted by Crippen LogP contribution is -2.05. The maximum absolute atomic E-state index is 13.2. The van der Waals surface area contributed by atoms with Crippen molar-refractivity contribution in [3.63, 3.8) is 0 Å². The Morgan fingerprint density at radius 2 is 1.50 bits per heavy atom. The van der Waals surface area contributed by atoms with E-state index in [0.717, 1.165) is 21.8 Å². The fourth-order valence-corrected chi connectivity index (χ4v) is 4.76. The van der Waals surface area contributed by atoms with E-state index in [-0.39, 0.29) is 0 Å². The zero-order valence-electron chi connectivity index (χ0n) is 17.2. The Labute approximate surface area is 169 Å². The molecular formula is C24H28N2OS. The first-order chi connectivity index (χ1) is 13.3. The fraction of sp³-hybridized carbons (Fsp3) is 0.250. The third-order valence-electron chi connectivity index (χ3n) is 4.90. The van der Waals surface area contributed by atoms with Crippen LogP contribution in [0.2, 0.25) is 0 Å². The van der Waals surface area contributed by atoms with Gasteiger partial charge in [-0.25, -0.2) is 4.21 Å². The molecule has 0 aliphatic rings. The van der Waals surface area contributed by atoms with Crippen molar-refractivity contribution in [1.29, 1.82) is 0 Å². The highest BCUT2D eigenvalue weighted by atomic mass is 32.2. The summed E-state index contributed by atoms with van der Waals surface area (Å²) in [5.41, 5.74) is 7.90. The van der Waals surface area contributed by atoms with Gasteiger partial charge in [0.15, 0.2) is 0 Å². The number of rotatable bonds is 5. The second-order valence-corrected chi connectivity index (χ2v) is 9.72. The normalized spacial score (nSPS) is 13.0.